The third-order valence-corrected chi connectivity index (χ3v) is 3.47. The molecule has 2 N–H and O–H groups in total. The van der Waals surface area contributed by atoms with Crippen LogP contribution in [0.4, 0.5) is 20.2 Å². The number of halogens is 2. The molecule has 0 unspecified atom stereocenters. The largest absolute Gasteiger partial charge is 0.396 e. The van der Waals surface area contributed by atoms with Gasteiger partial charge < -0.3 is 10.6 Å². The molecule has 0 aromatic heterocycles. The number of hydrogen-bond donors (Lipinski definition) is 1. The van der Waals surface area contributed by atoms with Crippen molar-refractivity contribution in [3.05, 3.63) is 59.2 Å². The minimum absolute atomic E-state index is 0.234. The van der Waals surface area contributed by atoms with Crippen molar-refractivity contribution in [1.82, 2.24) is 0 Å². The number of anilines is 2. The molecule has 5 heteroatoms. The standard InChI is InChI=1S/C15H12F2N2O/c16-10-5-6-11(18)14(17)13(10)15(20)19-8-7-9-3-1-2-4-12(9)19/h1-6H,7-8,18H2. The van der Waals surface area contributed by atoms with Gasteiger partial charge in [-0.2, -0.15) is 0 Å². The first-order valence-corrected chi connectivity index (χ1v) is 6.23. The van der Waals surface area contributed by atoms with Crippen molar-refractivity contribution in [2.24, 2.45) is 0 Å². The van der Waals surface area contributed by atoms with Crippen molar-refractivity contribution in [1.29, 1.82) is 0 Å². The number of para-hydroxylation sites is 1. The first kappa shape index (κ1) is 12.6. The first-order chi connectivity index (χ1) is 9.59. The highest BCUT2D eigenvalue weighted by atomic mass is 19.1. The number of nitrogens with two attached hydrogens (primary N) is 1. The predicted octanol–water partition coefficient (Wildman–Crippen LogP) is 2.75. The summed E-state index contributed by atoms with van der Waals surface area (Å²) in [6.07, 6.45) is 0.674. The Kier molecular flexibility index (Phi) is 2.89. The lowest BCUT2D eigenvalue weighted by Crippen LogP contribution is -2.30. The molecule has 0 saturated carbocycles. The fourth-order valence-electron chi connectivity index (χ4n) is 2.45. The van der Waals surface area contributed by atoms with Crippen molar-refractivity contribution in [3.63, 3.8) is 0 Å². The van der Waals surface area contributed by atoms with E-state index in [1.165, 1.54) is 4.90 Å². The molecule has 20 heavy (non-hydrogen) atoms. The quantitative estimate of drug-likeness (QED) is 0.813. The maximum Gasteiger partial charge on any atom is 0.264 e. The Morgan fingerprint density at radius 3 is 2.70 bits per heavy atom. The van der Waals surface area contributed by atoms with E-state index in [-0.39, 0.29) is 5.69 Å². The molecular formula is C15H12F2N2O. The van der Waals surface area contributed by atoms with Crippen molar-refractivity contribution < 1.29 is 13.6 Å². The number of carbonyl (C=O) groups is 1. The van der Waals surface area contributed by atoms with Gasteiger partial charge in [-0.1, -0.05) is 18.2 Å². The molecule has 0 bridgehead atoms. The van der Waals surface area contributed by atoms with E-state index in [0.717, 1.165) is 17.7 Å². The van der Waals surface area contributed by atoms with Gasteiger partial charge in [0, 0.05) is 12.2 Å². The van der Waals surface area contributed by atoms with Crippen LogP contribution in [0.5, 0.6) is 0 Å². The summed E-state index contributed by atoms with van der Waals surface area (Å²) >= 11 is 0. The van der Waals surface area contributed by atoms with Gasteiger partial charge in [0.15, 0.2) is 5.82 Å². The van der Waals surface area contributed by atoms with E-state index in [1.54, 1.807) is 12.1 Å². The zero-order chi connectivity index (χ0) is 14.3. The van der Waals surface area contributed by atoms with Crippen LogP contribution < -0.4 is 10.6 Å². The lowest BCUT2D eigenvalue weighted by molar-refractivity contribution is 0.0981. The summed E-state index contributed by atoms with van der Waals surface area (Å²) in [6.45, 7) is 0.409. The summed E-state index contributed by atoms with van der Waals surface area (Å²) in [5.74, 6) is -2.59. The number of carbonyl (C=O) groups excluding carboxylic acids is 1. The van der Waals surface area contributed by atoms with Gasteiger partial charge in [-0.05, 0) is 30.2 Å². The second kappa shape index (κ2) is 4.59. The molecule has 0 radical (unpaired) electrons. The van der Waals surface area contributed by atoms with E-state index in [4.69, 9.17) is 5.73 Å². The third kappa shape index (κ3) is 1.82. The Hall–Kier alpha value is -2.43. The number of benzene rings is 2. The maximum atomic E-state index is 13.9. The number of rotatable bonds is 1. The molecule has 1 aliphatic rings. The summed E-state index contributed by atoms with van der Waals surface area (Å²) in [6, 6.07) is 9.44. The Balaban J connectivity index is 2.06. The molecule has 1 heterocycles. The van der Waals surface area contributed by atoms with Gasteiger partial charge in [-0.15, -0.1) is 0 Å². The van der Waals surface area contributed by atoms with Gasteiger partial charge in [-0.25, -0.2) is 8.78 Å². The SMILES string of the molecule is Nc1ccc(F)c(C(=O)N2CCc3ccccc32)c1F. The van der Waals surface area contributed by atoms with Gasteiger partial charge in [0.2, 0.25) is 0 Å². The second-order valence-electron chi connectivity index (χ2n) is 4.66. The Labute approximate surface area is 114 Å². The van der Waals surface area contributed by atoms with Crippen LogP contribution in [0.3, 0.4) is 0 Å². The Morgan fingerprint density at radius 1 is 1.15 bits per heavy atom. The lowest BCUT2D eigenvalue weighted by atomic mass is 10.1. The summed E-state index contributed by atoms with van der Waals surface area (Å²) in [5, 5.41) is 0. The minimum Gasteiger partial charge on any atom is -0.396 e. The lowest BCUT2D eigenvalue weighted by Gasteiger charge is -2.18. The van der Waals surface area contributed by atoms with Crippen molar-refractivity contribution >= 4 is 17.3 Å². The molecule has 0 spiro atoms. The smallest absolute Gasteiger partial charge is 0.264 e. The zero-order valence-corrected chi connectivity index (χ0v) is 10.6. The second-order valence-corrected chi connectivity index (χ2v) is 4.66. The molecule has 1 amide bonds. The summed E-state index contributed by atoms with van der Waals surface area (Å²) in [7, 11) is 0. The van der Waals surface area contributed by atoms with Crippen molar-refractivity contribution in [2.45, 2.75) is 6.42 Å². The number of fused-ring (bicyclic) bond motifs is 1. The van der Waals surface area contributed by atoms with Crippen molar-refractivity contribution in [2.75, 3.05) is 17.2 Å². The third-order valence-electron chi connectivity index (χ3n) is 3.47. The van der Waals surface area contributed by atoms with Crippen LogP contribution in [0.15, 0.2) is 36.4 Å². The number of nitrogen functional groups attached to an aromatic ring is 1. The van der Waals surface area contributed by atoms with Crippen LogP contribution in [-0.4, -0.2) is 12.5 Å². The summed E-state index contributed by atoms with van der Waals surface area (Å²) < 4.78 is 27.7. The molecule has 0 aliphatic carbocycles. The van der Waals surface area contributed by atoms with E-state index in [2.05, 4.69) is 0 Å². The normalized spacial score (nSPS) is 13.4. The van der Waals surface area contributed by atoms with E-state index < -0.39 is 23.1 Å². The van der Waals surface area contributed by atoms with Gasteiger partial charge in [0.1, 0.15) is 11.4 Å². The molecule has 0 saturated heterocycles. The number of nitrogens with zero attached hydrogens (tertiary/aromatic N) is 1. The molecule has 0 fully saturated rings. The highest BCUT2D eigenvalue weighted by molar-refractivity contribution is 6.08. The molecule has 0 atom stereocenters. The number of amides is 1. The van der Waals surface area contributed by atoms with Gasteiger partial charge in [-0.3, -0.25) is 4.79 Å². The number of hydrogen-bond acceptors (Lipinski definition) is 2. The highest BCUT2D eigenvalue weighted by Gasteiger charge is 2.29. The van der Waals surface area contributed by atoms with Gasteiger partial charge in [0.05, 0.1) is 5.69 Å². The van der Waals surface area contributed by atoms with Crippen LogP contribution in [0, 0.1) is 11.6 Å². The summed E-state index contributed by atoms with van der Waals surface area (Å²) in [5.41, 5.74) is 6.26. The van der Waals surface area contributed by atoms with E-state index in [1.807, 2.05) is 12.1 Å². The zero-order valence-electron chi connectivity index (χ0n) is 10.6. The average molecular weight is 274 g/mol. The topological polar surface area (TPSA) is 46.3 Å². The van der Waals surface area contributed by atoms with Crippen molar-refractivity contribution in [3.8, 4) is 0 Å². The molecule has 3 nitrogen and oxygen atoms in total. The summed E-state index contributed by atoms with van der Waals surface area (Å²) in [4.78, 5) is 13.8. The monoisotopic (exact) mass is 274 g/mol. The molecule has 1 aliphatic heterocycles. The predicted molar refractivity (Wildman–Crippen MR) is 72.6 cm³/mol. The molecule has 3 rings (SSSR count). The van der Waals surface area contributed by atoms with Gasteiger partial charge in [0.25, 0.3) is 5.91 Å². The highest BCUT2D eigenvalue weighted by Crippen LogP contribution is 2.30. The van der Waals surface area contributed by atoms with Gasteiger partial charge >= 0.3 is 0 Å². The maximum absolute atomic E-state index is 13.9. The fourth-order valence-corrected chi connectivity index (χ4v) is 2.45. The fraction of sp³-hybridized carbons (Fsp3) is 0.133. The average Bonchev–Trinajstić information content (AvgIpc) is 2.87. The molecule has 102 valence electrons. The molecule has 2 aromatic carbocycles. The van der Waals surface area contributed by atoms with E-state index in [0.29, 0.717) is 18.7 Å². The molecule has 2 aromatic rings. The van der Waals surface area contributed by atoms with Crippen LogP contribution >= 0.6 is 0 Å². The Morgan fingerprint density at radius 2 is 1.90 bits per heavy atom. The molecular weight excluding hydrogens is 262 g/mol. The minimum atomic E-state index is -1.00. The van der Waals surface area contributed by atoms with E-state index in [9.17, 15) is 13.6 Å². The van der Waals surface area contributed by atoms with Crippen LogP contribution in [0.1, 0.15) is 15.9 Å². The van der Waals surface area contributed by atoms with Crippen LogP contribution in [0.2, 0.25) is 0 Å². The first-order valence-electron chi connectivity index (χ1n) is 6.23. The van der Waals surface area contributed by atoms with Crippen LogP contribution in [0.25, 0.3) is 0 Å². The van der Waals surface area contributed by atoms with E-state index >= 15 is 0 Å². The van der Waals surface area contributed by atoms with Crippen LogP contribution in [-0.2, 0) is 6.42 Å². The Bertz CT molecular complexity index is 700.